The van der Waals surface area contributed by atoms with E-state index in [-0.39, 0.29) is 6.79 Å². The van der Waals surface area contributed by atoms with Crippen molar-refractivity contribution in [1.29, 1.82) is 5.26 Å². The highest BCUT2D eigenvalue weighted by molar-refractivity contribution is 7.99. The van der Waals surface area contributed by atoms with Gasteiger partial charge in [-0.15, -0.1) is 0 Å². The SMILES string of the molecule is Cc1ccc(Sc2nc(-c3ccc(C)cc3)cc(-c3ccc4c(c3)OCO4)c2C#N)cc1. The number of nitrogens with zero attached hydrogens (tertiary/aromatic N) is 2. The fourth-order valence-electron chi connectivity index (χ4n) is 3.59. The first kappa shape index (κ1) is 20.2. The van der Waals surface area contributed by atoms with E-state index in [1.54, 1.807) is 0 Å². The number of hydrogen-bond acceptors (Lipinski definition) is 5. The topological polar surface area (TPSA) is 55.1 Å². The van der Waals surface area contributed by atoms with Gasteiger partial charge in [0.25, 0.3) is 0 Å². The quantitative estimate of drug-likeness (QED) is 0.353. The second-order valence-electron chi connectivity index (χ2n) is 7.70. The van der Waals surface area contributed by atoms with Gasteiger partial charge in [-0.05, 0) is 49.7 Å². The number of aryl methyl sites for hydroxylation is 2. The van der Waals surface area contributed by atoms with Crippen molar-refractivity contribution in [2.45, 2.75) is 23.8 Å². The summed E-state index contributed by atoms with van der Waals surface area (Å²) in [7, 11) is 0. The van der Waals surface area contributed by atoms with Crippen molar-refractivity contribution in [1.82, 2.24) is 4.98 Å². The number of hydrogen-bond donors (Lipinski definition) is 0. The molecule has 4 nitrogen and oxygen atoms in total. The van der Waals surface area contributed by atoms with E-state index in [1.807, 2.05) is 24.3 Å². The van der Waals surface area contributed by atoms with Gasteiger partial charge in [-0.3, -0.25) is 0 Å². The van der Waals surface area contributed by atoms with E-state index in [9.17, 15) is 5.26 Å². The van der Waals surface area contributed by atoms with E-state index < -0.39 is 0 Å². The van der Waals surface area contributed by atoms with Gasteiger partial charge in [0.15, 0.2) is 11.5 Å². The average Bonchev–Trinajstić information content (AvgIpc) is 3.28. The molecule has 5 rings (SSSR count). The summed E-state index contributed by atoms with van der Waals surface area (Å²) < 4.78 is 11.0. The summed E-state index contributed by atoms with van der Waals surface area (Å²) in [6.07, 6.45) is 0. The molecule has 0 saturated carbocycles. The van der Waals surface area contributed by atoms with E-state index in [0.717, 1.165) is 27.3 Å². The molecule has 156 valence electrons. The Kier molecular flexibility index (Phi) is 5.30. The first-order valence-corrected chi connectivity index (χ1v) is 11.1. The minimum absolute atomic E-state index is 0.212. The Morgan fingerprint density at radius 2 is 1.47 bits per heavy atom. The highest BCUT2D eigenvalue weighted by Crippen LogP contribution is 2.41. The van der Waals surface area contributed by atoms with Crippen molar-refractivity contribution in [3.63, 3.8) is 0 Å². The third-order valence-corrected chi connectivity index (χ3v) is 6.36. The molecule has 2 heterocycles. The van der Waals surface area contributed by atoms with E-state index >= 15 is 0 Å². The molecule has 3 aromatic carbocycles. The molecular weight excluding hydrogens is 416 g/mol. The second kappa shape index (κ2) is 8.41. The highest BCUT2D eigenvalue weighted by Gasteiger charge is 2.19. The van der Waals surface area contributed by atoms with Crippen molar-refractivity contribution in [3.8, 4) is 40.0 Å². The van der Waals surface area contributed by atoms with Crippen molar-refractivity contribution in [2.75, 3.05) is 6.79 Å². The lowest BCUT2D eigenvalue weighted by atomic mass is 9.98. The molecule has 0 amide bonds. The predicted molar refractivity (Wildman–Crippen MR) is 126 cm³/mol. The van der Waals surface area contributed by atoms with Crippen LogP contribution in [0.15, 0.2) is 82.7 Å². The highest BCUT2D eigenvalue weighted by atomic mass is 32.2. The number of ether oxygens (including phenoxy) is 2. The molecule has 0 fully saturated rings. The van der Waals surface area contributed by atoms with Crippen LogP contribution in [0.3, 0.4) is 0 Å². The van der Waals surface area contributed by atoms with Crippen LogP contribution in [0.25, 0.3) is 22.4 Å². The Labute approximate surface area is 191 Å². The third kappa shape index (κ3) is 3.93. The minimum Gasteiger partial charge on any atom is -0.454 e. The second-order valence-corrected chi connectivity index (χ2v) is 8.76. The van der Waals surface area contributed by atoms with Crippen LogP contribution in [0.5, 0.6) is 11.5 Å². The van der Waals surface area contributed by atoms with Crippen LogP contribution in [0, 0.1) is 25.2 Å². The van der Waals surface area contributed by atoms with Crippen LogP contribution >= 0.6 is 11.8 Å². The van der Waals surface area contributed by atoms with Crippen LogP contribution in [-0.4, -0.2) is 11.8 Å². The molecule has 0 atom stereocenters. The number of aromatic nitrogens is 1. The molecule has 0 bridgehead atoms. The van der Waals surface area contributed by atoms with Gasteiger partial charge in [-0.1, -0.05) is 65.4 Å². The maximum absolute atomic E-state index is 10.1. The van der Waals surface area contributed by atoms with Gasteiger partial charge in [-0.25, -0.2) is 4.98 Å². The zero-order chi connectivity index (χ0) is 22.1. The monoisotopic (exact) mass is 436 g/mol. The molecule has 5 heteroatoms. The Morgan fingerprint density at radius 3 is 2.19 bits per heavy atom. The Hall–Kier alpha value is -3.75. The molecule has 0 radical (unpaired) electrons. The lowest BCUT2D eigenvalue weighted by molar-refractivity contribution is 0.174. The Balaban J connectivity index is 1.68. The van der Waals surface area contributed by atoms with Gasteiger partial charge in [0, 0.05) is 16.0 Å². The summed E-state index contributed by atoms with van der Waals surface area (Å²) in [6, 6.07) is 26.7. The molecule has 0 saturated heterocycles. The first-order valence-electron chi connectivity index (χ1n) is 10.3. The molecule has 0 N–H and O–H groups in total. The predicted octanol–water partition coefficient (Wildman–Crippen LogP) is 6.78. The zero-order valence-corrected chi connectivity index (χ0v) is 18.6. The standard InChI is InChI=1S/C27H20N2O2S/c1-17-3-7-19(8-4-17)24-14-22(20-9-12-25-26(13-20)31-16-30-25)23(15-28)27(29-24)32-21-10-5-18(2)6-11-21/h3-14H,16H2,1-2H3. The maximum Gasteiger partial charge on any atom is 0.231 e. The van der Waals surface area contributed by atoms with Gasteiger partial charge in [0.2, 0.25) is 6.79 Å². The van der Waals surface area contributed by atoms with Crippen LogP contribution in [-0.2, 0) is 0 Å². The van der Waals surface area contributed by atoms with Gasteiger partial charge in [0.1, 0.15) is 11.1 Å². The zero-order valence-electron chi connectivity index (χ0n) is 17.8. The summed E-state index contributed by atoms with van der Waals surface area (Å²) in [4.78, 5) is 5.94. The fourth-order valence-corrected chi connectivity index (χ4v) is 4.48. The summed E-state index contributed by atoms with van der Waals surface area (Å²) in [5, 5.41) is 10.8. The normalized spacial score (nSPS) is 11.9. The summed E-state index contributed by atoms with van der Waals surface area (Å²) in [5.74, 6) is 1.40. The van der Waals surface area contributed by atoms with Crippen molar-refractivity contribution in [2.24, 2.45) is 0 Å². The number of nitriles is 1. The molecule has 0 aliphatic carbocycles. The summed E-state index contributed by atoms with van der Waals surface area (Å²) in [5.41, 5.74) is 6.48. The first-order chi connectivity index (χ1) is 15.6. The van der Waals surface area contributed by atoms with Gasteiger partial charge < -0.3 is 9.47 Å². The number of fused-ring (bicyclic) bond motifs is 1. The maximum atomic E-state index is 10.1. The molecule has 32 heavy (non-hydrogen) atoms. The van der Waals surface area contributed by atoms with E-state index in [2.05, 4.69) is 68.4 Å². The lowest BCUT2D eigenvalue weighted by Crippen LogP contribution is -1.96. The van der Waals surface area contributed by atoms with Crippen molar-refractivity contribution >= 4 is 11.8 Å². The molecule has 0 unspecified atom stereocenters. The minimum atomic E-state index is 0.212. The van der Waals surface area contributed by atoms with Crippen molar-refractivity contribution in [3.05, 3.63) is 89.5 Å². The van der Waals surface area contributed by atoms with Crippen LogP contribution in [0.4, 0.5) is 0 Å². The average molecular weight is 437 g/mol. The number of rotatable bonds is 4. The summed E-state index contributed by atoms with van der Waals surface area (Å²) >= 11 is 1.50. The Bertz CT molecular complexity index is 1340. The van der Waals surface area contributed by atoms with E-state index in [1.165, 1.54) is 22.9 Å². The van der Waals surface area contributed by atoms with Crippen LogP contribution in [0.2, 0.25) is 0 Å². The summed E-state index contributed by atoms with van der Waals surface area (Å²) in [6.45, 7) is 4.33. The van der Waals surface area contributed by atoms with Crippen LogP contribution in [0.1, 0.15) is 16.7 Å². The molecular formula is C27H20N2O2S. The molecule has 0 spiro atoms. The van der Waals surface area contributed by atoms with Gasteiger partial charge in [0.05, 0.1) is 11.3 Å². The smallest absolute Gasteiger partial charge is 0.231 e. The van der Waals surface area contributed by atoms with Crippen LogP contribution < -0.4 is 9.47 Å². The molecule has 1 aromatic heterocycles. The van der Waals surface area contributed by atoms with E-state index in [4.69, 9.17) is 14.5 Å². The largest absolute Gasteiger partial charge is 0.454 e. The molecule has 4 aromatic rings. The van der Waals surface area contributed by atoms with Crippen molar-refractivity contribution < 1.29 is 9.47 Å². The Morgan fingerprint density at radius 1 is 0.812 bits per heavy atom. The third-order valence-electron chi connectivity index (χ3n) is 5.36. The number of pyridine rings is 1. The molecule has 1 aliphatic heterocycles. The number of benzene rings is 3. The molecule has 1 aliphatic rings. The fraction of sp³-hybridized carbons (Fsp3) is 0.111. The van der Waals surface area contributed by atoms with Gasteiger partial charge in [-0.2, -0.15) is 5.26 Å². The van der Waals surface area contributed by atoms with Gasteiger partial charge >= 0.3 is 0 Å². The van der Waals surface area contributed by atoms with E-state index in [0.29, 0.717) is 22.1 Å². The lowest BCUT2D eigenvalue weighted by Gasteiger charge is -2.13.